The molecular weight excluding hydrogens is 409 g/mol. The number of hydrogen-bond donors (Lipinski definition) is 1. The number of carbonyl (C=O) groups is 2. The Morgan fingerprint density at radius 1 is 0.968 bits per heavy atom. The third kappa shape index (κ3) is 5.97. The Morgan fingerprint density at radius 3 is 2.42 bits per heavy atom. The van der Waals surface area contributed by atoms with E-state index < -0.39 is 18.0 Å². The lowest BCUT2D eigenvalue weighted by atomic mass is 10.1. The number of hydrogen-bond acceptors (Lipinski definition) is 3. The number of carbonyl (C=O) groups excluding carboxylic acids is 2. The van der Waals surface area contributed by atoms with Crippen LogP contribution in [0.4, 0.5) is 18.9 Å². The van der Waals surface area contributed by atoms with Gasteiger partial charge in [-0.1, -0.05) is 42.5 Å². The number of ether oxygens (including phenoxy) is 1. The quantitative estimate of drug-likeness (QED) is 0.588. The minimum absolute atomic E-state index is 0.0888. The van der Waals surface area contributed by atoms with Crippen LogP contribution in [0.3, 0.4) is 0 Å². The Hall–Kier alpha value is -3.55. The summed E-state index contributed by atoms with van der Waals surface area (Å²) in [6.07, 6.45) is -4.93. The molecule has 3 aromatic rings. The van der Waals surface area contributed by atoms with Gasteiger partial charge in [0.2, 0.25) is 0 Å². The zero-order valence-electron chi connectivity index (χ0n) is 16.8. The first-order valence-corrected chi connectivity index (χ1v) is 9.63. The molecule has 3 rings (SSSR count). The van der Waals surface area contributed by atoms with Crippen LogP contribution in [0.5, 0.6) is 5.75 Å². The van der Waals surface area contributed by atoms with Crippen molar-refractivity contribution in [1.82, 2.24) is 4.90 Å². The van der Waals surface area contributed by atoms with Gasteiger partial charge in [-0.25, -0.2) is 0 Å². The molecule has 1 N–H and O–H groups in total. The molecule has 162 valence electrons. The van der Waals surface area contributed by atoms with Crippen molar-refractivity contribution in [3.63, 3.8) is 0 Å². The molecule has 3 aromatic carbocycles. The van der Waals surface area contributed by atoms with Gasteiger partial charge in [0.1, 0.15) is 5.75 Å². The number of alkyl halides is 3. The van der Waals surface area contributed by atoms with Crippen molar-refractivity contribution in [1.29, 1.82) is 0 Å². The number of nitrogens with one attached hydrogen (secondary N) is 1. The van der Waals surface area contributed by atoms with Crippen molar-refractivity contribution in [3.05, 3.63) is 72.3 Å². The largest absolute Gasteiger partial charge is 0.484 e. The fraction of sp³-hybridized carbons (Fsp3) is 0.217. The summed E-state index contributed by atoms with van der Waals surface area (Å²) in [6, 6.07) is 19.6. The second kappa shape index (κ2) is 9.51. The Labute approximate surface area is 177 Å². The van der Waals surface area contributed by atoms with Crippen LogP contribution in [0.25, 0.3) is 10.8 Å². The van der Waals surface area contributed by atoms with Crippen LogP contribution in [0.15, 0.2) is 66.7 Å². The summed E-state index contributed by atoms with van der Waals surface area (Å²) in [5, 5.41) is 4.70. The third-order valence-corrected chi connectivity index (χ3v) is 4.59. The summed E-state index contributed by atoms with van der Waals surface area (Å²) in [4.78, 5) is 24.4. The predicted molar refractivity (Wildman–Crippen MR) is 112 cm³/mol. The van der Waals surface area contributed by atoms with Crippen LogP contribution >= 0.6 is 0 Å². The Bertz CT molecular complexity index is 1080. The minimum atomic E-state index is -4.93. The monoisotopic (exact) mass is 430 g/mol. The first-order valence-electron chi connectivity index (χ1n) is 9.63. The molecule has 0 aromatic heterocycles. The number of anilines is 1. The SMILES string of the molecule is CCN(Cc1cccc(NC(=O)COc2ccc3ccccc3c2)c1)C(=O)C(F)(F)F. The number of fused-ring (bicyclic) bond motifs is 1. The molecular formula is C23H21F3N2O3. The van der Waals surface area contributed by atoms with Gasteiger partial charge in [0.05, 0.1) is 0 Å². The van der Waals surface area contributed by atoms with Crippen LogP contribution < -0.4 is 10.1 Å². The summed E-state index contributed by atoms with van der Waals surface area (Å²) < 4.78 is 43.6. The molecule has 0 aliphatic heterocycles. The molecule has 0 saturated carbocycles. The third-order valence-electron chi connectivity index (χ3n) is 4.59. The van der Waals surface area contributed by atoms with Crippen molar-refractivity contribution in [3.8, 4) is 5.75 Å². The maximum Gasteiger partial charge on any atom is 0.471 e. The van der Waals surface area contributed by atoms with E-state index in [0.29, 0.717) is 21.9 Å². The summed E-state index contributed by atoms with van der Waals surface area (Å²) >= 11 is 0. The van der Waals surface area contributed by atoms with Crippen molar-refractivity contribution < 1.29 is 27.5 Å². The molecule has 31 heavy (non-hydrogen) atoms. The second-order valence-electron chi connectivity index (χ2n) is 6.86. The molecule has 0 heterocycles. The smallest absolute Gasteiger partial charge is 0.471 e. The van der Waals surface area contributed by atoms with Gasteiger partial charge in [-0.15, -0.1) is 0 Å². The second-order valence-corrected chi connectivity index (χ2v) is 6.86. The van der Waals surface area contributed by atoms with Gasteiger partial charge in [0, 0.05) is 18.8 Å². The molecule has 0 unspecified atom stereocenters. The zero-order chi connectivity index (χ0) is 22.4. The van der Waals surface area contributed by atoms with Gasteiger partial charge in [-0.3, -0.25) is 9.59 Å². The van der Waals surface area contributed by atoms with E-state index in [1.165, 1.54) is 13.0 Å². The summed E-state index contributed by atoms with van der Waals surface area (Å²) in [5.74, 6) is -1.76. The Kier molecular flexibility index (Phi) is 6.79. The Balaban J connectivity index is 1.59. The average molecular weight is 430 g/mol. The molecule has 8 heteroatoms. The molecule has 0 bridgehead atoms. The van der Waals surface area contributed by atoms with E-state index in [2.05, 4.69) is 5.32 Å². The number of rotatable bonds is 7. The molecule has 5 nitrogen and oxygen atoms in total. The van der Waals surface area contributed by atoms with Crippen LogP contribution in [0.1, 0.15) is 12.5 Å². The van der Waals surface area contributed by atoms with E-state index in [1.807, 2.05) is 36.4 Å². The molecule has 0 spiro atoms. The van der Waals surface area contributed by atoms with E-state index in [9.17, 15) is 22.8 Å². The van der Waals surface area contributed by atoms with Gasteiger partial charge in [-0.05, 0) is 47.5 Å². The van der Waals surface area contributed by atoms with Gasteiger partial charge < -0.3 is 15.0 Å². The molecule has 2 amide bonds. The predicted octanol–water partition coefficient (Wildman–Crippen LogP) is 4.77. The van der Waals surface area contributed by atoms with E-state index in [-0.39, 0.29) is 19.7 Å². The van der Waals surface area contributed by atoms with E-state index in [0.717, 1.165) is 10.8 Å². The normalized spacial score (nSPS) is 11.2. The van der Waals surface area contributed by atoms with Gasteiger partial charge >= 0.3 is 12.1 Å². The van der Waals surface area contributed by atoms with E-state index in [1.54, 1.807) is 24.3 Å². The fourth-order valence-electron chi connectivity index (χ4n) is 3.08. The summed E-state index contributed by atoms with van der Waals surface area (Å²) in [5.41, 5.74) is 0.868. The summed E-state index contributed by atoms with van der Waals surface area (Å²) in [6.45, 7) is 0.941. The fourth-order valence-corrected chi connectivity index (χ4v) is 3.08. The van der Waals surface area contributed by atoms with Crippen molar-refractivity contribution in [2.45, 2.75) is 19.6 Å². The number of amides is 2. The number of benzene rings is 3. The molecule has 0 aliphatic rings. The average Bonchev–Trinajstić information content (AvgIpc) is 2.75. The zero-order valence-corrected chi connectivity index (χ0v) is 16.8. The lowest BCUT2D eigenvalue weighted by molar-refractivity contribution is -0.185. The van der Waals surface area contributed by atoms with Crippen LogP contribution in [0.2, 0.25) is 0 Å². The van der Waals surface area contributed by atoms with Crippen LogP contribution in [0, 0.1) is 0 Å². The van der Waals surface area contributed by atoms with E-state index >= 15 is 0 Å². The molecule has 0 aliphatic carbocycles. The molecule has 0 atom stereocenters. The highest BCUT2D eigenvalue weighted by Crippen LogP contribution is 2.22. The van der Waals surface area contributed by atoms with Crippen molar-refractivity contribution in [2.75, 3.05) is 18.5 Å². The standard InChI is InChI=1S/C23H21F3N2O3/c1-2-28(22(30)23(24,25)26)14-16-6-5-9-19(12-16)27-21(29)15-31-20-11-10-17-7-3-4-8-18(17)13-20/h3-13H,2,14-15H2,1H3,(H,27,29). The highest BCUT2D eigenvalue weighted by atomic mass is 19.4. The lowest BCUT2D eigenvalue weighted by Crippen LogP contribution is -2.40. The maximum absolute atomic E-state index is 12.7. The topological polar surface area (TPSA) is 58.6 Å². The summed E-state index contributed by atoms with van der Waals surface area (Å²) in [7, 11) is 0. The van der Waals surface area contributed by atoms with Gasteiger partial charge in [0.25, 0.3) is 5.91 Å². The lowest BCUT2D eigenvalue weighted by Gasteiger charge is -2.22. The van der Waals surface area contributed by atoms with Gasteiger partial charge in [-0.2, -0.15) is 13.2 Å². The highest BCUT2D eigenvalue weighted by molar-refractivity contribution is 5.92. The van der Waals surface area contributed by atoms with Gasteiger partial charge in [0.15, 0.2) is 6.61 Å². The van der Waals surface area contributed by atoms with Crippen molar-refractivity contribution in [2.24, 2.45) is 0 Å². The van der Waals surface area contributed by atoms with Crippen LogP contribution in [-0.4, -0.2) is 36.0 Å². The molecule has 0 fully saturated rings. The maximum atomic E-state index is 12.7. The van der Waals surface area contributed by atoms with Crippen LogP contribution in [-0.2, 0) is 16.1 Å². The highest BCUT2D eigenvalue weighted by Gasteiger charge is 2.41. The first-order chi connectivity index (χ1) is 14.8. The number of nitrogens with zero attached hydrogens (tertiary/aromatic N) is 1. The Morgan fingerprint density at radius 2 is 1.71 bits per heavy atom. The first kappa shape index (κ1) is 22.1. The van der Waals surface area contributed by atoms with E-state index in [4.69, 9.17) is 4.74 Å². The van der Waals surface area contributed by atoms with Crippen molar-refractivity contribution >= 4 is 28.3 Å². The number of halogens is 3. The minimum Gasteiger partial charge on any atom is -0.484 e. The molecule has 0 saturated heterocycles. The molecule has 0 radical (unpaired) electrons.